The van der Waals surface area contributed by atoms with Crippen molar-refractivity contribution in [3.05, 3.63) is 102 Å². The molecule has 1 aromatic heterocycles. The van der Waals surface area contributed by atoms with Crippen molar-refractivity contribution in [2.24, 2.45) is 0 Å². The molecule has 0 radical (unpaired) electrons. The lowest BCUT2D eigenvalue weighted by Gasteiger charge is -2.09. The van der Waals surface area contributed by atoms with Crippen molar-refractivity contribution in [2.45, 2.75) is 6.92 Å². The molecule has 31 heavy (non-hydrogen) atoms. The predicted octanol–water partition coefficient (Wildman–Crippen LogP) is 4.64. The summed E-state index contributed by atoms with van der Waals surface area (Å²) in [7, 11) is 0. The molecule has 4 rings (SSSR count). The molecule has 0 saturated carbocycles. The number of para-hydroxylation sites is 1. The van der Waals surface area contributed by atoms with Crippen molar-refractivity contribution < 1.29 is 14.3 Å². The number of carbonyl (C=O) groups excluding carboxylic acids is 2. The van der Waals surface area contributed by atoms with Gasteiger partial charge in [0, 0.05) is 11.6 Å². The molecule has 4 aromatic rings. The zero-order chi connectivity index (χ0) is 21.6. The Morgan fingerprint density at radius 2 is 1.55 bits per heavy atom. The minimum atomic E-state index is -0.548. The maximum atomic E-state index is 12.5. The van der Waals surface area contributed by atoms with Crippen molar-refractivity contribution in [3.63, 3.8) is 0 Å². The number of nitrogens with one attached hydrogen (secondary N) is 1. The molecule has 0 aliphatic rings. The number of amides is 1. The van der Waals surface area contributed by atoms with E-state index in [1.165, 1.54) is 0 Å². The van der Waals surface area contributed by atoms with Crippen LogP contribution in [-0.4, -0.2) is 28.3 Å². The quantitative estimate of drug-likeness (QED) is 0.469. The van der Waals surface area contributed by atoms with Crippen LogP contribution in [-0.2, 0) is 9.53 Å². The lowest BCUT2D eigenvalue weighted by molar-refractivity contribution is -0.119. The van der Waals surface area contributed by atoms with Crippen LogP contribution in [0.15, 0.2) is 91.0 Å². The van der Waals surface area contributed by atoms with Crippen LogP contribution in [0.2, 0.25) is 0 Å². The Hall–Kier alpha value is -4.19. The third kappa shape index (κ3) is 4.87. The number of aryl methyl sites for hydroxylation is 1. The average molecular weight is 411 g/mol. The van der Waals surface area contributed by atoms with Gasteiger partial charge in [0.05, 0.1) is 16.9 Å². The molecule has 0 saturated heterocycles. The predicted molar refractivity (Wildman–Crippen MR) is 119 cm³/mol. The Kier molecular flexibility index (Phi) is 5.89. The largest absolute Gasteiger partial charge is 0.452 e. The van der Waals surface area contributed by atoms with Crippen LogP contribution in [0, 0.1) is 6.92 Å². The van der Waals surface area contributed by atoms with Gasteiger partial charge < -0.3 is 10.1 Å². The van der Waals surface area contributed by atoms with E-state index < -0.39 is 18.5 Å². The Balaban J connectivity index is 1.54. The van der Waals surface area contributed by atoms with E-state index in [-0.39, 0.29) is 0 Å². The van der Waals surface area contributed by atoms with Crippen molar-refractivity contribution in [1.82, 2.24) is 9.78 Å². The van der Waals surface area contributed by atoms with E-state index in [0.29, 0.717) is 11.4 Å². The van der Waals surface area contributed by atoms with Crippen molar-refractivity contribution in [2.75, 3.05) is 11.9 Å². The zero-order valence-electron chi connectivity index (χ0n) is 17.0. The van der Waals surface area contributed by atoms with E-state index in [1.54, 1.807) is 41.1 Å². The number of aromatic nitrogens is 2. The highest BCUT2D eigenvalue weighted by molar-refractivity contribution is 5.95. The van der Waals surface area contributed by atoms with E-state index in [1.807, 2.05) is 61.5 Å². The summed E-state index contributed by atoms with van der Waals surface area (Å²) in [5.74, 6) is -0.507. The number of rotatable bonds is 6. The molecule has 6 nitrogen and oxygen atoms in total. The second kappa shape index (κ2) is 9.09. The molecule has 154 valence electrons. The van der Waals surface area contributed by atoms with Crippen molar-refractivity contribution in [3.8, 4) is 16.9 Å². The normalized spacial score (nSPS) is 10.5. The molecule has 1 amide bonds. The fourth-order valence-electron chi connectivity index (χ4n) is 3.07. The van der Waals surface area contributed by atoms with Crippen LogP contribution >= 0.6 is 0 Å². The molecule has 0 bridgehead atoms. The molecule has 0 atom stereocenters. The van der Waals surface area contributed by atoms with Gasteiger partial charge in [-0.2, -0.15) is 5.10 Å². The first-order valence-electron chi connectivity index (χ1n) is 9.85. The second-order valence-corrected chi connectivity index (χ2v) is 7.02. The molecule has 0 aliphatic carbocycles. The Bertz CT molecular complexity index is 1180. The average Bonchev–Trinajstić information content (AvgIpc) is 3.22. The van der Waals surface area contributed by atoms with Crippen LogP contribution in [0.1, 0.15) is 15.9 Å². The van der Waals surface area contributed by atoms with E-state index in [9.17, 15) is 9.59 Å². The van der Waals surface area contributed by atoms with E-state index in [2.05, 4.69) is 10.4 Å². The smallest absolute Gasteiger partial charge is 0.338 e. The van der Waals surface area contributed by atoms with Crippen LogP contribution < -0.4 is 5.32 Å². The highest BCUT2D eigenvalue weighted by Gasteiger charge is 2.15. The number of ether oxygens (including phenoxy) is 1. The molecular formula is C25H21N3O3. The fraction of sp³-hybridized carbons (Fsp3) is 0.0800. The maximum Gasteiger partial charge on any atom is 0.338 e. The number of hydrogen-bond donors (Lipinski definition) is 1. The number of esters is 1. The van der Waals surface area contributed by atoms with Gasteiger partial charge in [0.25, 0.3) is 5.91 Å². The third-order valence-electron chi connectivity index (χ3n) is 4.67. The second-order valence-electron chi connectivity index (χ2n) is 7.02. The van der Waals surface area contributed by atoms with Crippen molar-refractivity contribution >= 4 is 17.7 Å². The number of benzene rings is 3. The minimum absolute atomic E-state index is 0.395. The van der Waals surface area contributed by atoms with E-state index in [0.717, 1.165) is 22.5 Å². The van der Waals surface area contributed by atoms with E-state index in [4.69, 9.17) is 4.74 Å². The molecule has 6 heteroatoms. The Labute approximate surface area is 180 Å². The summed E-state index contributed by atoms with van der Waals surface area (Å²) in [5.41, 5.74) is 4.01. The molecule has 1 heterocycles. The van der Waals surface area contributed by atoms with Crippen LogP contribution in [0.25, 0.3) is 16.9 Å². The number of nitrogens with zero attached hydrogens (tertiary/aromatic N) is 2. The molecule has 1 N–H and O–H groups in total. The number of anilines is 1. The molecule has 3 aromatic carbocycles. The third-order valence-corrected chi connectivity index (χ3v) is 4.67. The number of carbonyl (C=O) groups is 2. The van der Waals surface area contributed by atoms with Gasteiger partial charge in [-0.25, -0.2) is 9.48 Å². The number of hydrogen-bond acceptors (Lipinski definition) is 4. The van der Waals surface area contributed by atoms with Gasteiger partial charge in [-0.15, -0.1) is 0 Å². The van der Waals surface area contributed by atoms with Crippen molar-refractivity contribution in [1.29, 1.82) is 0 Å². The van der Waals surface area contributed by atoms with Gasteiger partial charge >= 0.3 is 5.97 Å². The lowest BCUT2D eigenvalue weighted by Crippen LogP contribution is -2.22. The summed E-state index contributed by atoms with van der Waals surface area (Å²) in [4.78, 5) is 24.6. The van der Waals surface area contributed by atoms with Crippen LogP contribution in [0.4, 0.5) is 5.82 Å². The maximum absolute atomic E-state index is 12.5. The molecular weight excluding hydrogens is 390 g/mol. The summed E-state index contributed by atoms with van der Waals surface area (Å²) in [6.45, 7) is 1.63. The Morgan fingerprint density at radius 3 is 2.23 bits per heavy atom. The summed E-state index contributed by atoms with van der Waals surface area (Å²) in [5, 5.41) is 7.47. The van der Waals surface area contributed by atoms with Gasteiger partial charge in [0.15, 0.2) is 6.61 Å². The molecule has 0 aliphatic heterocycles. The van der Waals surface area contributed by atoms with E-state index >= 15 is 0 Å². The van der Waals surface area contributed by atoms with Gasteiger partial charge in [-0.3, -0.25) is 4.79 Å². The summed E-state index contributed by atoms with van der Waals surface area (Å²) in [6.07, 6.45) is 0. The SMILES string of the molecule is Cc1ccc(-c2cc(NC(=O)COC(=O)c3ccccc3)n(-c3ccccc3)n2)cc1. The lowest BCUT2D eigenvalue weighted by atomic mass is 10.1. The van der Waals surface area contributed by atoms with Gasteiger partial charge in [-0.1, -0.05) is 66.2 Å². The molecule has 0 spiro atoms. The van der Waals surface area contributed by atoms with Crippen LogP contribution in [0.3, 0.4) is 0 Å². The Morgan fingerprint density at radius 1 is 0.903 bits per heavy atom. The summed E-state index contributed by atoms with van der Waals surface area (Å²) in [6, 6.07) is 27.9. The van der Waals surface area contributed by atoms with Crippen LogP contribution in [0.5, 0.6) is 0 Å². The highest BCUT2D eigenvalue weighted by Crippen LogP contribution is 2.25. The fourth-order valence-corrected chi connectivity index (χ4v) is 3.07. The molecule has 0 unspecified atom stereocenters. The summed E-state index contributed by atoms with van der Waals surface area (Å²) >= 11 is 0. The first kappa shape index (κ1) is 20.1. The summed E-state index contributed by atoms with van der Waals surface area (Å²) < 4.78 is 6.79. The molecule has 0 fully saturated rings. The first-order valence-corrected chi connectivity index (χ1v) is 9.85. The standard InChI is InChI=1S/C25H21N3O3/c1-18-12-14-19(15-13-18)22-16-23(28(27-22)21-10-6-3-7-11-21)26-24(29)17-31-25(30)20-8-4-2-5-9-20/h2-16H,17H2,1H3,(H,26,29). The first-order chi connectivity index (χ1) is 15.1. The topological polar surface area (TPSA) is 73.2 Å². The minimum Gasteiger partial charge on any atom is -0.452 e. The zero-order valence-corrected chi connectivity index (χ0v) is 17.0. The van der Waals surface area contributed by atoms with Gasteiger partial charge in [0.2, 0.25) is 0 Å². The highest BCUT2D eigenvalue weighted by atomic mass is 16.5. The van der Waals surface area contributed by atoms with Gasteiger partial charge in [-0.05, 0) is 31.2 Å². The monoisotopic (exact) mass is 411 g/mol. The van der Waals surface area contributed by atoms with Gasteiger partial charge in [0.1, 0.15) is 5.82 Å².